The molecule has 9 unspecified atom stereocenters. The molecule has 1 aliphatic heterocycles. The first-order valence-corrected chi connectivity index (χ1v) is 30.1. The molecule has 11 heteroatoms. The van der Waals surface area contributed by atoms with Gasteiger partial charge in [0.2, 0.25) is 5.91 Å². The molecular weight excluding hydrogens is 883 g/mol. The summed E-state index contributed by atoms with van der Waals surface area (Å²) in [5.74, 6) is -0.693. The Morgan fingerprint density at radius 1 is 0.486 bits per heavy atom. The van der Waals surface area contributed by atoms with Crippen LogP contribution >= 0.6 is 0 Å². The van der Waals surface area contributed by atoms with Crippen molar-refractivity contribution in [2.24, 2.45) is 0 Å². The van der Waals surface area contributed by atoms with Gasteiger partial charge in [-0.3, -0.25) is 4.79 Å². The van der Waals surface area contributed by atoms with Gasteiger partial charge in [-0.1, -0.05) is 264 Å². The van der Waals surface area contributed by atoms with Crippen molar-refractivity contribution in [2.45, 2.75) is 345 Å². The van der Waals surface area contributed by atoms with Crippen molar-refractivity contribution in [1.29, 1.82) is 0 Å². The van der Waals surface area contributed by atoms with Gasteiger partial charge in [0.15, 0.2) is 6.29 Å². The van der Waals surface area contributed by atoms with E-state index in [9.17, 15) is 40.5 Å². The zero-order valence-corrected chi connectivity index (χ0v) is 45.5. The Hall–Kier alpha value is -1.15. The van der Waals surface area contributed by atoms with Crippen LogP contribution in [0, 0.1) is 0 Å². The second-order valence-electron chi connectivity index (χ2n) is 21.4. The van der Waals surface area contributed by atoms with Gasteiger partial charge in [-0.05, 0) is 38.5 Å². The first-order valence-electron chi connectivity index (χ1n) is 30.1. The summed E-state index contributed by atoms with van der Waals surface area (Å²) in [5, 5.41) is 75.9. The van der Waals surface area contributed by atoms with Gasteiger partial charge in [0.25, 0.3) is 0 Å². The molecule has 9 atom stereocenters. The highest BCUT2D eigenvalue weighted by molar-refractivity contribution is 5.80. The van der Waals surface area contributed by atoms with Gasteiger partial charge in [0.1, 0.15) is 36.6 Å². The summed E-state index contributed by atoms with van der Waals surface area (Å²) < 4.78 is 11.1. The molecule has 0 aromatic carbocycles. The lowest BCUT2D eigenvalue weighted by Gasteiger charge is -2.40. The lowest BCUT2D eigenvalue weighted by atomic mass is 9.98. The van der Waals surface area contributed by atoms with Crippen molar-refractivity contribution in [3.05, 3.63) is 12.2 Å². The van der Waals surface area contributed by atoms with E-state index in [1.807, 2.05) is 0 Å². The first-order chi connectivity index (χ1) is 34.2. The van der Waals surface area contributed by atoms with Crippen molar-refractivity contribution >= 4 is 5.91 Å². The molecule has 11 nitrogen and oxygen atoms in total. The number of hydrogen-bond donors (Lipinski definition) is 8. The smallest absolute Gasteiger partial charge is 0.249 e. The summed E-state index contributed by atoms with van der Waals surface area (Å²) in [6.45, 7) is 3.46. The molecule has 1 amide bonds. The Balaban J connectivity index is 2.16. The highest BCUT2D eigenvalue weighted by Crippen LogP contribution is 2.24. The monoisotopic (exact) mass is 998 g/mol. The number of hydrogen-bond acceptors (Lipinski definition) is 10. The SMILES string of the molecule is CCCCCCCCCCCCCC/C=C\CCCCCCCCCCCCCCCCCCC(O)C(=O)NC(COC1OC(CO)C(O)C(O)C1O)C(O)C(O)CCCCCCCCCCCCC. The van der Waals surface area contributed by atoms with Crippen LogP contribution in [0.5, 0.6) is 0 Å². The molecule has 0 radical (unpaired) electrons. The van der Waals surface area contributed by atoms with Gasteiger partial charge in [0.05, 0.1) is 25.4 Å². The molecule has 1 saturated heterocycles. The number of rotatable bonds is 52. The average Bonchev–Trinajstić information content (AvgIpc) is 3.36. The third kappa shape index (κ3) is 36.7. The van der Waals surface area contributed by atoms with Crippen molar-refractivity contribution < 1.29 is 50.0 Å². The number of nitrogens with one attached hydrogen (secondary N) is 1. The van der Waals surface area contributed by atoms with Crippen molar-refractivity contribution in [2.75, 3.05) is 13.2 Å². The maximum absolute atomic E-state index is 13.2. The van der Waals surface area contributed by atoms with Crippen LogP contribution in [0.1, 0.15) is 290 Å². The Bertz CT molecular complexity index is 1140. The highest BCUT2D eigenvalue weighted by atomic mass is 16.7. The molecule has 1 heterocycles. The molecule has 1 rings (SSSR count). The second-order valence-corrected chi connectivity index (χ2v) is 21.4. The maximum Gasteiger partial charge on any atom is 0.249 e. The van der Waals surface area contributed by atoms with E-state index < -0.39 is 74.2 Å². The number of amides is 1. The lowest BCUT2D eigenvalue weighted by molar-refractivity contribution is -0.303. The topological polar surface area (TPSA) is 189 Å². The fraction of sp³-hybridized carbons (Fsp3) is 0.949. The summed E-state index contributed by atoms with van der Waals surface area (Å²) in [7, 11) is 0. The predicted octanol–water partition coefficient (Wildman–Crippen LogP) is 12.7. The molecule has 0 aromatic heterocycles. The van der Waals surface area contributed by atoms with E-state index in [4.69, 9.17) is 9.47 Å². The molecule has 0 spiro atoms. The zero-order valence-electron chi connectivity index (χ0n) is 45.5. The average molecular weight is 999 g/mol. The summed E-state index contributed by atoms with van der Waals surface area (Å²) in [4.78, 5) is 13.2. The Morgan fingerprint density at radius 3 is 1.20 bits per heavy atom. The minimum atomic E-state index is -1.66. The van der Waals surface area contributed by atoms with Crippen LogP contribution < -0.4 is 5.32 Å². The summed E-state index contributed by atoms with van der Waals surface area (Å²) in [6.07, 6.45) is 45.8. The minimum absolute atomic E-state index is 0.264. The van der Waals surface area contributed by atoms with Gasteiger partial charge in [-0.2, -0.15) is 0 Å². The molecular formula is C59H115NO10. The van der Waals surface area contributed by atoms with Crippen LogP contribution in [0.4, 0.5) is 0 Å². The van der Waals surface area contributed by atoms with Gasteiger partial charge in [0, 0.05) is 0 Å². The van der Waals surface area contributed by atoms with E-state index in [0.717, 1.165) is 38.5 Å². The van der Waals surface area contributed by atoms with E-state index in [0.29, 0.717) is 19.3 Å². The molecule has 0 bridgehead atoms. The van der Waals surface area contributed by atoms with E-state index in [1.54, 1.807) is 0 Å². The first kappa shape index (κ1) is 66.9. The third-order valence-electron chi connectivity index (χ3n) is 14.8. The Morgan fingerprint density at radius 2 is 0.829 bits per heavy atom. The summed E-state index contributed by atoms with van der Waals surface area (Å²) in [6, 6.07) is -1.16. The molecule has 70 heavy (non-hydrogen) atoms. The van der Waals surface area contributed by atoms with Crippen molar-refractivity contribution in [1.82, 2.24) is 5.32 Å². The molecule has 0 aliphatic carbocycles. The number of aliphatic hydroxyl groups is 7. The standard InChI is InChI=1S/C59H115NO10/c1-3-5-7-9-11-13-15-16-17-18-19-20-21-22-23-24-25-26-27-28-29-30-31-32-33-34-35-37-39-41-43-45-47-52(63)58(68)60-50(49-69-59-57(67)56(66)55(65)53(48-61)70-59)54(64)51(62)46-44-42-40-38-36-14-12-10-8-6-4-2/h22-23,50-57,59,61-67H,3-21,24-49H2,1-2H3,(H,60,68)/b23-22-. The summed E-state index contributed by atoms with van der Waals surface area (Å²) in [5.41, 5.74) is 0. The number of unbranched alkanes of at least 4 members (excludes halogenated alkanes) is 38. The van der Waals surface area contributed by atoms with Crippen LogP contribution in [-0.2, 0) is 14.3 Å². The van der Waals surface area contributed by atoms with E-state index in [-0.39, 0.29) is 6.42 Å². The number of carbonyl (C=O) groups excluding carboxylic acids is 1. The van der Waals surface area contributed by atoms with Crippen LogP contribution in [0.2, 0.25) is 0 Å². The van der Waals surface area contributed by atoms with Gasteiger partial charge in [-0.15, -0.1) is 0 Å². The second kappa shape index (κ2) is 48.8. The number of allylic oxidation sites excluding steroid dienone is 2. The van der Waals surface area contributed by atoms with Crippen LogP contribution in [0.15, 0.2) is 12.2 Å². The minimum Gasteiger partial charge on any atom is -0.394 e. The van der Waals surface area contributed by atoms with E-state index >= 15 is 0 Å². The van der Waals surface area contributed by atoms with Gasteiger partial charge < -0.3 is 50.5 Å². The largest absolute Gasteiger partial charge is 0.394 e. The van der Waals surface area contributed by atoms with E-state index in [1.165, 1.54) is 212 Å². The van der Waals surface area contributed by atoms with Gasteiger partial charge >= 0.3 is 0 Å². The fourth-order valence-corrected chi connectivity index (χ4v) is 9.91. The quantitative estimate of drug-likeness (QED) is 0.0215. The van der Waals surface area contributed by atoms with Gasteiger partial charge in [-0.25, -0.2) is 0 Å². The Labute approximate surface area is 430 Å². The third-order valence-corrected chi connectivity index (χ3v) is 14.8. The van der Waals surface area contributed by atoms with Crippen LogP contribution in [-0.4, -0.2) is 110 Å². The molecule has 8 N–H and O–H groups in total. The lowest BCUT2D eigenvalue weighted by Crippen LogP contribution is -2.60. The highest BCUT2D eigenvalue weighted by Gasteiger charge is 2.44. The number of ether oxygens (including phenoxy) is 2. The van der Waals surface area contributed by atoms with Crippen molar-refractivity contribution in [3.63, 3.8) is 0 Å². The number of carbonyl (C=O) groups is 1. The van der Waals surface area contributed by atoms with Crippen LogP contribution in [0.3, 0.4) is 0 Å². The molecule has 0 saturated carbocycles. The molecule has 416 valence electrons. The van der Waals surface area contributed by atoms with Crippen LogP contribution in [0.25, 0.3) is 0 Å². The normalized spacial score (nSPS) is 20.3. The molecule has 1 aliphatic rings. The molecule has 0 aromatic rings. The van der Waals surface area contributed by atoms with Crippen molar-refractivity contribution in [3.8, 4) is 0 Å². The fourth-order valence-electron chi connectivity index (χ4n) is 9.91. The maximum atomic E-state index is 13.2. The molecule has 1 fully saturated rings. The van der Waals surface area contributed by atoms with E-state index in [2.05, 4.69) is 31.3 Å². The summed E-state index contributed by atoms with van der Waals surface area (Å²) >= 11 is 0. The zero-order chi connectivity index (χ0) is 51.1. The number of aliphatic hydroxyl groups excluding tert-OH is 7. The Kier molecular flexibility index (Phi) is 46.6. The predicted molar refractivity (Wildman–Crippen MR) is 289 cm³/mol.